The summed E-state index contributed by atoms with van der Waals surface area (Å²) in [6, 6.07) is 8.09. The number of carbonyl (C=O) groups is 1. The van der Waals surface area contributed by atoms with Crippen molar-refractivity contribution in [2.24, 2.45) is 0 Å². The van der Waals surface area contributed by atoms with Crippen LogP contribution in [0.25, 0.3) is 22.3 Å². The summed E-state index contributed by atoms with van der Waals surface area (Å²) in [6.07, 6.45) is 1.95. The number of para-hydroxylation sites is 1. The molecule has 0 aliphatic heterocycles. The van der Waals surface area contributed by atoms with E-state index in [0.29, 0.717) is 6.61 Å². The Kier molecular flexibility index (Phi) is 4.89. The number of hydrogen-bond acceptors (Lipinski definition) is 5. The lowest BCUT2D eigenvalue weighted by atomic mass is 10.1. The van der Waals surface area contributed by atoms with E-state index in [1.165, 1.54) is 11.8 Å². The lowest BCUT2D eigenvalue weighted by Crippen LogP contribution is -2.17. The van der Waals surface area contributed by atoms with Crippen LogP contribution in [-0.2, 0) is 16.1 Å². The van der Waals surface area contributed by atoms with Gasteiger partial charge in [0.2, 0.25) is 0 Å². The molecule has 126 valence electrons. The van der Waals surface area contributed by atoms with Gasteiger partial charge in [0.1, 0.15) is 5.25 Å². The second-order valence-electron chi connectivity index (χ2n) is 5.31. The number of thioether (sulfide) groups is 1. The fraction of sp³-hybridized carbons (Fsp3) is 0.353. The first-order valence-corrected chi connectivity index (χ1v) is 8.86. The van der Waals surface area contributed by atoms with Crippen LogP contribution in [0.5, 0.6) is 0 Å². The van der Waals surface area contributed by atoms with Gasteiger partial charge in [-0.05, 0) is 26.8 Å². The van der Waals surface area contributed by atoms with Crippen molar-refractivity contribution in [1.29, 1.82) is 0 Å². The number of benzene rings is 1. The SMILES string of the molecule is CCOC(=O)[C@H](C)Sc1nnc(-c2c[nH]c3ccccc23)n1CC. The molecule has 1 aromatic carbocycles. The molecule has 7 heteroatoms. The van der Waals surface area contributed by atoms with E-state index < -0.39 is 0 Å². The summed E-state index contributed by atoms with van der Waals surface area (Å²) in [5.41, 5.74) is 2.07. The molecular formula is C17H20N4O2S. The number of rotatable bonds is 6. The number of hydrogen-bond donors (Lipinski definition) is 1. The standard InChI is InChI=1S/C17H20N4O2S/c1-4-21-15(13-10-18-14-9-7-6-8-12(13)14)19-20-17(21)24-11(3)16(22)23-5-2/h6-11,18H,4-5H2,1-3H3/t11-/m0/s1. The normalized spacial score (nSPS) is 12.5. The second-order valence-corrected chi connectivity index (χ2v) is 6.62. The molecule has 0 fully saturated rings. The van der Waals surface area contributed by atoms with E-state index in [-0.39, 0.29) is 11.2 Å². The molecular weight excluding hydrogens is 324 g/mol. The number of aromatic nitrogens is 4. The molecule has 1 atom stereocenters. The van der Waals surface area contributed by atoms with Crippen molar-refractivity contribution in [2.75, 3.05) is 6.61 Å². The van der Waals surface area contributed by atoms with Crippen molar-refractivity contribution < 1.29 is 9.53 Å². The summed E-state index contributed by atoms with van der Waals surface area (Å²) in [5.74, 6) is 0.565. The molecule has 6 nitrogen and oxygen atoms in total. The van der Waals surface area contributed by atoms with Gasteiger partial charge < -0.3 is 14.3 Å². The number of aromatic amines is 1. The molecule has 24 heavy (non-hydrogen) atoms. The van der Waals surface area contributed by atoms with E-state index in [1.807, 2.05) is 42.8 Å². The zero-order valence-corrected chi connectivity index (χ0v) is 14.8. The minimum Gasteiger partial charge on any atom is -0.465 e. The van der Waals surface area contributed by atoms with E-state index >= 15 is 0 Å². The molecule has 0 unspecified atom stereocenters. The van der Waals surface area contributed by atoms with Crippen LogP contribution < -0.4 is 0 Å². The number of nitrogens with zero attached hydrogens (tertiary/aromatic N) is 3. The van der Waals surface area contributed by atoms with Crippen LogP contribution in [0.3, 0.4) is 0 Å². The summed E-state index contributed by atoms with van der Waals surface area (Å²) < 4.78 is 7.09. The Bertz CT molecular complexity index is 855. The predicted octanol–water partition coefficient (Wildman–Crippen LogP) is 3.49. The minimum atomic E-state index is -0.324. The Labute approximate surface area is 144 Å². The van der Waals surface area contributed by atoms with Gasteiger partial charge in [-0.3, -0.25) is 4.79 Å². The number of H-pyrrole nitrogens is 1. The van der Waals surface area contributed by atoms with Crippen molar-refractivity contribution in [2.45, 2.75) is 37.7 Å². The zero-order chi connectivity index (χ0) is 17.1. The molecule has 0 saturated heterocycles. The van der Waals surface area contributed by atoms with Crippen LogP contribution in [0.15, 0.2) is 35.6 Å². The average Bonchev–Trinajstić information content (AvgIpc) is 3.18. The van der Waals surface area contributed by atoms with Gasteiger partial charge in [-0.2, -0.15) is 0 Å². The van der Waals surface area contributed by atoms with Crippen molar-refractivity contribution in [3.8, 4) is 11.4 Å². The van der Waals surface area contributed by atoms with Gasteiger partial charge in [0.25, 0.3) is 0 Å². The van der Waals surface area contributed by atoms with E-state index in [4.69, 9.17) is 4.74 Å². The third-order valence-corrected chi connectivity index (χ3v) is 4.82. The van der Waals surface area contributed by atoms with Gasteiger partial charge in [0.15, 0.2) is 11.0 Å². The molecule has 2 heterocycles. The second kappa shape index (κ2) is 7.09. The van der Waals surface area contributed by atoms with E-state index in [0.717, 1.165) is 34.0 Å². The lowest BCUT2D eigenvalue weighted by Gasteiger charge is -2.11. The maximum Gasteiger partial charge on any atom is 0.319 e. The van der Waals surface area contributed by atoms with Crippen LogP contribution in [0.2, 0.25) is 0 Å². The lowest BCUT2D eigenvalue weighted by molar-refractivity contribution is -0.142. The number of ether oxygens (including phenoxy) is 1. The van der Waals surface area contributed by atoms with Gasteiger partial charge in [0.05, 0.1) is 6.61 Å². The van der Waals surface area contributed by atoms with Crippen LogP contribution in [0.1, 0.15) is 20.8 Å². The monoisotopic (exact) mass is 344 g/mol. The topological polar surface area (TPSA) is 72.8 Å². The van der Waals surface area contributed by atoms with E-state index in [9.17, 15) is 4.79 Å². The third-order valence-electron chi connectivity index (χ3n) is 3.76. The fourth-order valence-electron chi connectivity index (χ4n) is 2.58. The molecule has 3 aromatic rings. The van der Waals surface area contributed by atoms with Crippen LogP contribution >= 0.6 is 11.8 Å². The number of esters is 1. The predicted molar refractivity (Wildman–Crippen MR) is 94.9 cm³/mol. The van der Waals surface area contributed by atoms with Gasteiger partial charge in [0, 0.05) is 29.2 Å². The smallest absolute Gasteiger partial charge is 0.319 e. The Morgan fingerprint density at radius 3 is 2.88 bits per heavy atom. The Hall–Kier alpha value is -2.28. The molecule has 1 N–H and O–H groups in total. The highest BCUT2D eigenvalue weighted by atomic mass is 32.2. The van der Waals surface area contributed by atoms with Crippen LogP contribution in [-0.4, -0.2) is 37.6 Å². The Morgan fingerprint density at radius 2 is 2.12 bits per heavy atom. The molecule has 0 aliphatic carbocycles. The summed E-state index contributed by atoms with van der Waals surface area (Å²) in [5, 5.41) is 10.1. The van der Waals surface area contributed by atoms with Gasteiger partial charge in [-0.1, -0.05) is 30.0 Å². The average molecular weight is 344 g/mol. The minimum absolute atomic E-state index is 0.234. The molecule has 3 rings (SSSR count). The quantitative estimate of drug-likeness (QED) is 0.547. The van der Waals surface area contributed by atoms with Crippen molar-refractivity contribution in [3.05, 3.63) is 30.5 Å². The first-order valence-electron chi connectivity index (χ1n) is 7.98. The molecule has 0 aliphatic rings. The molecule has 0 radical (unpaired) electrons. The summed E-state index contributed by atoms with van der Waals surface area (Å²) in [4.78, 5) is 15.1. The van der Waals surface area contributed by atoms with Crippen molar-refractivity contribution >= 4 is 28.6 Å². The van der Waals surface area contributed by atoms with Crippen LogP contribution in [0.4, 0.5) is 0 Å². The molecule has 2 aromatic heterocycles. The highest BCUT2D eigenvalue weighted by molar-refractivity contribution is 8.00. The molecule has 0 amide bonds. The summed E-state index contributed by atoms with van der Waals surface area (Å²) in [7, 11) is 0. The highest BCUT2D eigenvalue weighted by Crippen LogP contribution is 2.31. The first-order chi connectivity index (χ1) is 11.7. The van der Waals surface area contributed by atoms with Gasteiger partial charge in [-0.25, -0.2) is 0 Å². The summed E-state index contributed by atoms with van der Waals surface area (Å²) in [6.45, 7) is 6.77. The number of carbonyl (C=O) groups excluding carboxylic acids is 1. The van der Waals surface area contributed by atoms with E-state index in [1.54, 1.807) is 6.92 Å². The maximum atomic E-state index is 11.9. The highest BCUT2D eigenvalue weighted by Gasteiger charge is 2.22. The molecule has 0 bridgehead atoms. The number of fused-ring (bicyclic) bond motifs is 1. The van der Waals surface area contributed by atoms with Gasteiger partial charge in [-0.15, -0.1) is 10.2 Å². The van der Waals surface area contributed by atoms with E-state index in [2.05, 4.69) is 21.2 Å². The fourth-order valence-corrected chi connectivity index (χ4v) is 3.49. The van der Waals surface area contributed by atoms with Crippen molar-refractivity contribution in [3.63, 3.8) is 0 Å². The Balaban J connectivity index is 1.94. The third kappa shape index (κ3) is 3.03. The zero-order valence-electron chi connectivity index (χ0n) is 13.9. The summed E-state index contributed by atoms with van der Waals surface area (Å²) >= 11 is 1.37. The largest absolute Gasteiger partial charge is 0.465 e. The number of nitrogens with one attached hydrogen (secondary N) is 1. The molecule has 0 saturated carbocycles. The maximum absolute atomic E-state index is 11.9. The Morgan fingerprint density at radius 1 is 1.33 bits per heavy atom. The van der Waals surface area contributed by atoms with Gasteiger partial charge >= 0.3 is 5.97 Å². The van der Waals surface area contributed by atoms with Crippen molar-refractivity contribution in [1.82, 2.24) is 19.7 Å². The first kappa shape index (κ1) is 16.6. The molecule has 0 spiro atoms. The van der Waals surface area contributed by atoms with Crippen LogP contribution in [0, 0.1) is 0 Å².